The monoisotopic (exact) mass is 234 g/mol. The number of fused-ring (bicyclic) bond motifs is 1. The van der Waals surface area contributed by atoms with Gasteiger partial charge >= 0.3 is 0 Å². The highest BCUT2D eigenvalue weighted by Crippen LogP contribution is 2.71. The minimum Gasteiger partial charge on any atom is -0.392 e. The minimum absolute atomic E-state index is 0.0608. The maximum atomic E-state index is 12.3. The summed E-state index contributed by atoms with van der Waals surface area (Å²) in [7, 11) is 0. The number of aliphatic hydroxyl groups excluding tert-OH is 1. The molecule has 94 valence electrons. The van der Waals surface area contributed by atoms with E-state index in [4.69, 9.17) is 0 Å². The molecule has 17 heavy (non-hydrogen) atoms. The molecular formula is C15H22O2. The summed E-state index contributed by atoms with van der Waals surface area (Å²) in [5, 5.41) is 9.51. The molecule has 0 spiro atoms. The molecule has 2 saturated carbocycles. The lowest BCUT2D eigenvalue weighted by Crippen LogP contribution is -2.64. The first kappa shape index (κ1) is 11.5. The first-order chi connectivity index (χ1) is 7.92. The van der Waals surface area contributed by atoms with Gasteiger partial charge in [0.2, 0.25) is 0 Å². The van der Waals surface area contributed by atoms with Crippen LogP contribution in [0, 0.1) is 28.6 Å². The quantitative estimate of drug-likeness (QED) is 0.757. The van der Waals surface area contributed by atoms with Gasteiger partial charge in [0.1, 0.15) is 0 Å². The average Bonchev–Trinajstić information content (AvgIpc) is 2.41. The van der Waals surface area contributed by atoms with E-state index in [0.29, 0.717) is 11.8 Å². The normalized spacial score (nSPS) is 46.9. The molecule has 0 amide bonds. The maximum absolute atomic E-state index is 12.3. The van der Waals surface area contributed by atoms with Crippen molar-refractivity contribution in [1.82, 2.24) is 0 Å². The van der Waals surface area contributed by atoms with Gasteiger partial charge in [0.05, 0.1) is 6.61 Å². The largest absolute Gasteiger partial charge is 0.392 e. The van der Waals surface area contributed by atoms with Crippen molar-refractivity contribution in [2.75, 3.05) is 6.61 Å². The molecule has 0 heterocycles. The van der Waals surface area contributed by atoms with Gasteiger partial charge in [-0.15, -0.1) is 0 Å². The lowest BCUT2D eigenvalue weighted by atomic mass is 9.38. The second-order valence-electron chi connectivity index (χ2n) is 7.11. The van der Waals surface area contributed by atoms with Crippen molar-refractivity contribution in [2.45, 2.75) is 40.0 Å². The van der Waals surface area contributed by atoms with Crippen LogP contribution < -0.4 is 0 Å². The summed E-state index contributed by atoms with van der Waals surface area (Å²) < 4.78 is 0. The smallest absolute Gasteiger partial charge is 0.159 e. The van der Waals surface area contributed by atoms with Crippen molar-refractivity contribution in [3.05, 3.63) is 11.6 Å². The van der Waals surface area contributed by atoms with Crippen LogP contribution in [-0.4, -0.2) is 17.5 Å². The second kappa shape index (κ2) is 3.23. The molecule has 0 saturated heterocycles. The Morgan fingerprint density at radius 2 is 2.00 bits per heavy atom. The number of carbonyl (C=O) groups is 1. The zero-order chi connectivity index (χ0) is 12.4. The van der Waals surface area contributed by atoms with Gasteiger partial charge in [0.25, 0.3) is 0 Å². The van der Waals surface area contributed by atoms with E-state index < -0.39 is 0 Å². The van der Waals surface area contributed by atoms with Gasteiger partial charge in [-0.3, -0.25) is 4.79 Å². The van der Waals surface area contributed by atoms with Crippen LogP contribution in [0.15, 0.2) is 11.6 Å². The fraction of sp³-hybridized carbons (Fsp3) is 0.800. The molecule has 0 aromatic heterocycles. The molecule has 3 aliphatic rings. The third-order valence-electron chi connectivity index (χ3n) is 5.79. The van der Waals surface area contributed by atoms with Crippen LogP contribution in [0.5, 0.6) is 0 Å². The molecule has 0 aliphatic heterocycles. The Bertz CT molecular complexity index is 407. The van der Waals surface area contributed by atoms with Crippen LogP contribution in [0.3, 0.4) is 0 Å². The van der Waals surface area contributed by atoms with Gasteiger partial charge in [-0.1, -0.05) is 27.2 Å². The predicted molar refractivity (Wildman–Crippen MR) is 66.4 cm³/mol. The van der Waals surface area contributed by atoms with E-state index in [1.165, 1.54) is 12.8 Å². The van der Waals surface area contributed by atoms with Crippen LogP contribution in [0.2, 0.25) is 0 Å². The minimum atomic E-state index is 0.0608. The molecule has 3 rings (SSSR count). The molecule has 2 nitrogen and oxygen atoms in total. The Morgan fingerprint density at radius 3 is 2.65 bits per heavy atom. The molecule has 0 radical (unpaired) electrons. The van der Waals surface area contributed by atoms with Crippen molar-refractivity contribution in [3.8, 4) is 0 Å². The summed E-state index contributed by atoms with van der Waals surface area (Å²) in [4.78, 5) is 12.3. The fourth-order valence-electron chi connectivity index (χ4n) is 5.06. The zero-order valence-electron chi connectivity index (χ0n) is 11.0. The first-order valence-electron chi connectivity index (χ1n) is 6.77. The van der Waals surface area contributed by atoms with Crippen molar-refractivity contribution in [2.24, 2.45) is 28.6 Å². The van der Waals surface area contributed by atoms with E-state index >= 15 is 0 Å². The van der Waals surface area contributed by atoms with Crippen molar-refractivity contribution in [3.63, 3.8) is 0 Å². The van der Waals surface area contributed by atoms with Crippen LogP contribution >= 0.6 is 0 Å². The Kier molecular flexibility index (Phi) is 2.17. The third kappa shape index (κ3) is 1.22. The highest BCUT2D eigenvalue weighted by Gasteiger charge is 2.68. The predicted octanol–water partition coefficient (Wildman–Crippen LogP) is 2.57. The van der Waals surface area contributed by atoms with E-state index in [9.17, 15) is 9.90 Å². The van der Waals surface area contributed by atoms with Gasteiger partial charge in [-0.2, -0.15) is 0 Å². The molecular weight excluding hydrogens is 212 g/mol. The van der Waals surface area contributed by atoms with E-state index in [0.717, 1.165) is 12.0 Å². The summed E-state index contributed by atoms with van der Waals surface area (Å²) >= 11 is 0. The Morgan fingerprint density at radius 1 is 1.29 bits per heavy atom. The maximum Gasteiger partial charge on any atom is 0.159 e. The van der Waals surface area contributed by atoms with Crippen molar-refractivity contribution >= 4 is 5.78 Å². The number of rotatable bonds is 1. The van der Waals surface area contributed by atoms with Gasteiger partial charge in [-0.05, 0) is 47.2 Å². The fourth-order valence-corrected chi connectivity index (χ4v) is 5.06. The number of aliphatic hydroxyl groups is 1. The molecule has 4 atom stereocenters. The summed E-state index contributed by atoms with van der Waals surface area (Å²) in [5.41, 5.74) is 1.39. The number of allylic oxidation sites excluding steroid dienone is 1. The molecule has 1 N–H and O–H groups in total. The number of ketones is 1. The number of carbonyl (C=O) groups excluding carboxylic acids is 1. The van der Waals surface area contributed by atoms with Gasteiger partial charge in [-0.25, -0.2) is 0 Å². The van der Waals surface area contributed by atoms with Crippen LogP contribution in [0.25, 0.3) is 0 Å². The van der Waals surface area contributed by atoms with E-state index in [2.05, 4.69) is 20.8 Å². The molecule has 0 aromatic carbocycles. The molecule has 2 heteroatoms. The zero-order valence-corrected chi connectivity index (χ0v) is 11.0. The van der Waals surface area contributed by atoms with Gasteiger partial charge in [0, 0.05) is 5.92 Å². The topological polar surface area (TPSA) is 37.3 Å². The van der Waals surface area contributed by atoms with Crippen molar-refractivity contribution in [1.29, 1.82) is 0 Å². The molecule has 0 unspecified atom stereocenters. The van der Waals surface area contributed by atoms with E-state index in [-0.39, 0.29) is 29.1 Å². The SMILES string of the molecule is CC1(C)CCC[C@@]2(C)[C@@H]3C(CO)=CC(=O)[C@H]2[C@@H]31. The first-order valence-corrected chi connectivity index (χ1v) is 6.77. The molecule has 2 fully saturated rings. The van der Waals surface area contributed by atoms with Crippen LogP contribution in [-0.2, 0) is 4.79 Å². The number of hydrogen-bond acceptors (Lipinski definition) is 2. The standard InChI is InChI=1S/C15H22O2/c1-14(2)5-4-6-15(3)11-9(8-16)7-10(17)12(15)13(11)14/h7,11-13,16H,4-6,8H2,1-3H3/t11-,12+,13-,15+/m1/s1. The highest BCUT2D eigenvalue weighted by molar-refractivity contribution is 5.96. The molecule has 4 bridgehead atoms. The highest BCUT2D eigenvalue weighted by atomic mass is 16.3. The average molecular weight is 234 g/mol. The van der Waals surface area contributed by atoms with Gasteiger partial charge in [0.15, 0.2) is 5.78 Å². The van der Waals surface area contributed by atoms with Crippen LogP contribution in [0.1, 0.15) is 40.0 Å². The van der Waals surface area contributed by atoms with Gasteiger partial charge < -0.3 is 5.11 Å². The van der Waals surface area contributed by atoms with Crippen molar-refractivity contribution < 1.29 is 9.90 Å². The second-order valence-corrected chi connectivity index (χ2v) is 7.11. The summed E-state index contributed by atoms with van der Waals surface area (Å²) in [6.07, 6.45) is 5.31. The van der Waals surface area contributed by atoms with E-state index in [1.807, 2.05) is 0 Å². The molecule has 0 aromatic rings. The summed E-state index contributed by atoms with van der Waals surface area (Å²) in [6.45, 7) is 6.93. The third-order valence-corrected chi connectivity index (χ3v) is 5.79. The Balaban J connectivity index is 2.11. The van der Waals surface area contributed by atoms with Crippen LogP contribution in [0.4, 0.5) is 0 Å². The molecule has 3 aliphatic carbocycles. The Hall–Kier alpha value is -0.630. The van der Waals surface area contributed by atoms with E-state index in [1.54, 1.807) is 6.08 Å². The Labute approximate surface area is 103 Å². The lowest BCUT2D eigenvalue weighted by molar-refractivity contribution is -0.165. The lowest BCUT2D eigenvalue weighted by Gasteiger charge is -2.65. The summed E-state index contributed by atoms with van der Waals surface area (Å²) in [5.74, 6) is 1.42. The number of hydrogen-bond donors (Lipinski definition) is 1. The summed E-state index contributed by atoms with van der Waals surface area (Å²) in [6, 6.07) is 0.